The van der Waals surface area contributed by atoms with Crippen molar-refractivity contribution in [2.24, 2.45) is 0 Å². The molecule has 6 heteroatoms. The van der Waals surface area contributed by atoms with E-state index in [9.17, 15) is 9.59 Å². The van der Waals surface area contributed by atoms with Crippen LogP contribution in [0.1, 0.15) is 30.6 Å². The molecule has 1 saturated heterocycles. The Balaban J connectivity index is 1.88. The summed E-state index contributed by atoms with van der Waals surface area (Å²) in [6.45, 7) is 6.91. The highest BCUT2D eigenvalue weighted by Gasteiger charge is 2.25. The fraction of sp³-hybridized carbons (Fsp3) is 0.529. The first kappa shape index (κ1) is 17.1. The predicted octanol–water partition coefficient (Wildman–Crippen LogP) is 2.39. The number of carbonyl (C=O) groups is 2. The molecule has 0 saturated carbocycles. The maximum Gasteiger partial charge on any atom is 0.409 e. The van der Waals surface area contributed by atoms with Crippen LogP contribution in [0.3, 0.4) is 0 Å². The Morgan fingerprint density at radius 2 is 1.61 bits per heavy atom. The Bertz CT molecular complexity index is 522. The van der Waals surface area contributed by atoms with E-state index < -0.39 is 0 Å². The van der Waals surface area contributed by atoms with Crippen LogP contribution < -0.4 is 4.74 Å². The molecule has 1 fully saturated rings. The van der Waals surface area contributed by atoms with Gasteiger partial charge in [0.1, 0.15) is 5.75 Å². The van der Waals surface area contributed by atoms with Crippen LogP contribution in [0, 0.1) is 0 Å². The van der Waals surface area contributed by atoms with Gasteiger partial charge in [0.25, 0.3) is 5.91 Å². The number of piperazine rings is 1. The van der Waals surface area contributed by atoms with Gasteiger partial charge in [-0.3, -0.25) is 4.79 Å². The van der Waals surface area contributed by atoms with Gasteiger partial charge in [-0.1, -0.05) is 6.92 Å². The van der Waals surface area contributed by atoms with Crippen molar-refractivity contribution in [3.05, 3.63) is 29.8 Å². The average Bonchev–Trinajstić information content (AvgIpc) is 2.60. The third-order valence-electron chi connectivity index (χ3n) is 3.67. The van der Waals surface area contributed by atoms with Gasteiger partial charge < -0.3 is 19.3 Å². The second-order valence-corrected chi connectivity index (χ2v) is 5.35. The molecule has 0 N–H and O–H groups in total. The topological polar surface area (TPSA) is 59.1 Å². The first-order chi connectivity index (χ1) is 11.2. The summed E-state index contributed by atoms with van der Waals surface area (Å²) in [5.41, 5.74) is 0.637. The van der Waals surface area contributed by atoms with Gasteiger partial charge in [-0.15, -0.1) is 0 Å². The zero-order valence-electron chi connectivity index (χ0n) is 13.8. The molecule has 1 aromatic rings. The van der Waals surface area contributed by atoms with Gasteiger partial charge in [-0.2, -0.15) is 0 Å². The van der Waals surface area contributed by atoms with E-state index in [0.717, 1.165) is 12.2 Å². The van der Waals surface area contributed by atoms with Crippen molar-refractivity contribution >= 4 is 12.0 Å². The molecule has 0 bridgehead atoms. The standard InChI is InChI=1S/C17H24N2O4/c1-3-13-23-15-7-5-14(6-8-15)16(20)18-9-11-19(12-10-18)17(21)22-4-2/h5-8H,3-4,9-13H2,1-2H3. The van der Waals surface area contributed by atoms with Gasteiger partial charge in [0, 0.05) is 31.7 Å². The number of benzene rings is 1. The maximum absolute atomic E-state index is 12.5. The zero-order chi connectivity index (χ0) is 16.7. The number of nitrogens with zero attached hydrogens (tertiary/aromatic N) is 2. The minimum atomic E-state index is -0.308. The van der Waals surface area contributed by atoms with Crippen molar-refractivity contribution in [2.45, 2.75) is 20.3 Å². The Kier molecular flexibility index (Phi) is 6.26. The molecule has 0 radical (unpaired) electrons. The molecular weight excluding hydrogens is 296 g/mol. The number of carbonyl (C=O) groups excluding carboxylic acids is 2. The van der Waals surface area contributed by atoms with E-state index >= 15 is 0 Å². The Hall–Kier alpha value is -2.24. The minimum Gasteiger partial charge on any atom is -0.494 e. The first-order valence-corrected chi connectivity index (χ1v) is 8.09. The van der Waals surface area contributed by atoms with Gasteiger partial charge in [-0.05, 0) is 37.6 Å². The highest BCUT2D eigenvalue weighted by molar-refractivity contribution is 5.94. The molecule has 6 nitrogen and oxygen atoms in total. The average molecular weight is 320 g/mol. The molecule has 126 valence electrons. The van der Waals surface area contributed by atoms with Crippen LogP contribution in [-0.4, -0.2) is 61.2 Å². The van der Waals surface area contributed by atoms with Crippen LogP contribution in [0.2, 0.25) is 0 Å². The molecule has 0 spiro atoms. The molecule has 0 aliphatic carbocycles. The van der Waals surface area contributed by atoms with Crippen LogP contribution in [0.4, 0.5) is 4.79 Å². The molecule has 1 aromatic carbocycles. The molecule has 0 atom stereocenters. The van der Waals surface area contributed by atoms with E-state index in [0.29, 0.717) is 45.0 Å². The summed E-state index contributed by atoms with van der Waals surface area (Å²) < 4.78 is 10.5. The van der Waals surface area contributed by atoms with Gasteiger partial charge in [0.05, 0.1) is 13.2 Å². The summed E-state index contributed by atoms with van der Waals surface area (Å²) in [5, 5.41) is 0. The lowest BCUT2D eigenvalue weighted by atomic mass is 10.1. The fourth-order valence-corrected chi connectivity index (χ4v) is 2.40. The molecule has 0 unspecified atom stereocenters. The van der Waals surface area contributed by atoms with Crippen molar-refractivity contribution in [1.29, 1.82) is 0 Å². The number of hydrogen-bond acceptors (Lipinski definition) is 4. The lowest BCUT2D eigenvalue weighted by Crippen LogP contribution is -2.50. The quantitative estimate of drug-likeness (QED) is 0.836. The maximum atomic E-state index is 12.5. The van der Waals surface area contributed by atoms with Crippen LogP contribution in [-0.2, 0) is 4.74 Å². The summed E-state index contributed by atoms with van der Waals surface area (Å²) in [5.74, 6) is 0.756. The monoisotopic (exact) mass is 320 g/mol. The highest BCUT2D eigenvalue weighted by atomic mass is 16.6. The van der Waals surface area contributed by atoms with Crippen LogP contribution in [0.15, 0.2) is 24.3 Å². The third kappa shape index (κ3) is 4.61. The predicted molar refractivity (Wildman–Crippen MR) is 86.7 cm³/mol. The lowest BCUT2D eigenvalue weighted by Gasteiger charge is -2.34. The van der Waals surface area contributed by atoms with Crippen molar-refractivity contribution in [1.82, 2.24) is 9.80 Å². The zero-order valence-corrected chi connectivity index (χ0v) is 13.8. The van der Waals surface area contributed by atoms with Crippen LogP contribution in [0.25, 0.3) is 0 Å². The van der Waals surface area contributed by atoms with E-state index in [1.807, 2.05) is 19.1 Å². The molecule has 2 rings (SSSR count). The number of hydrogen-bond donors (Lipinski definition) is 0. The SMILES string of the molecule is CCCOc1ccc(C(=O)N2CCN(C(=O)OCC)CC2)cc1. The van der Waals surface area contributed by atoms with Crippen LogP contribution in [0.5, 0.6) is 5.75 Å². The smallest absolute Gasteiger partial charge is 0.409 e. The number of amides is 2. The normalized spacial score (nSPS) is 14.5. The molecule has 0 aromatic heterocycles. The van der Waals surface area contributed by atoms with Crippen molar-refractivity contribution < 1.29 is 19.1 Å². The summed E-state index contributed by atoms with van der Waals surface area (Å²) in [4.78, 5) is 27.5. The Morgan fingerprint density at radius 1 is 1.00 bits per heavy atom. The number of ether oxygens (including phenoxy) is 2. The highest BCUT2D eigenvalue weighted by Crippen LogP contribution is 2.15. The van der Waals surface area contributed by atoms with E-state index in [1.54, 1.807) is 28.9 Å². The largest absolute Gasteiger partial charge is 0.494 e. The van der Waals surface area contributed by atoms with Gasteiger partial charge in [0.15, 0.2) is 0 Å². The van der Waals surface area contributed by atoms with E-state index in [4.69, 9.17) is 9.47 Å². The molecular formula is C17H24N2O4. The third-order valence-corrected chi connectivity index (χ3v) is 3.67. The van der Waals surface area contributed by atoms with E-state index in [1.165, 1.54) is 0 Å². The summed E-state index contributed by atoms with van der Waals surface area (Å²) >= 11 is 0. The van der Waals surface area contributed by atoms with Crippen molar-refractivity contribution in [3.8, 4) is 5.75 Å². The van der Waals surface area contributed by atoms with E-state index in [2.05, 4.69) is 0 Å². The van der Waals surface area contributed by atoms with Crippen molar-refractivity contribution in [3.63, 3.8) is 0 Å². The summed E-state index contributed by atoms with van der Waals surface area (Å²) in [6.07, 6.45) is 0.642. The lowest BCUT2D eigenvalue weighted by molar-refractivity contribution is 0.0570. The van der Waals surface area contributed by atoms with Crippen molar-refractivity contribution in [2.75, 3.05) is 39.4 Å². The Labute approximate surface area is 137 Å². The summed E-state index contributed by atoms with van der Waals surface area (Å²) in [7, 11) is 0. The second-order valence-electron chi connectivity index (χ2n) is 5.35. The second kappa shape index (κ2) is 8.41. The number of rotatable bonds is 5. The van der Waals surface area contributed by atoms with Gasteiger partial charge >= 0.3 is 6.09 Å². The first-order valence-electron chi connectivity index (χ1n) is 8.09. The molecule has 1 heterocycles. The fourth-order valence-electron chi connectivity index (χ4n) is 2.40. The Morgan fingerprint density at radius 3 is 2.17 bits per heavy atom. The molecule has 2 amide bonds. The van der Waals surface area contributed by atoms with E-state index in [-0.39, 0.29) is 12.0 Å². The van der Waals surface area contributed by atoms with Crippen LogP contribution >= 0.6 is 0 Å². The molecule has 1 aliphatic rings. The van der Waals surface area contributed by atoms with Gasteiger partial charge in [0.2, 0.25) is 0 Å². The molecule has 1 aliphatic heterocycles. The van der Waals surface area contributed by atoms with Gasteiger partial charge in [-0.25, -0.2) is 4.79 Å². The summed E-state index contributed by atoms with van der Waals surface area (Å²) in [6, 6.07) is 7.20. The molecule has 23 heavy (non-hydrogen) atoms. The minimum absolute atomic E-state index is 0.0180.